The van der Waals surface area contributed by atoms with E-state index in [1.54, 1.807) is 0 Å². The fourth-order valence-electron chi connectivity index (χ4n) is 2.71. The van der Waals surface area contributed by atoms with E-state index in [0.29, 0.717) is 6.04 Å². The lowest BCUT2D eigenvalue weighted by Crippen LogP contribution is -2.30. The van der Waals surface area contributed by atoms with Crippen molar-refractivity contribution < 1.29 is 0 Å². The molecule has 0 amide bonds. The lowest BCUT2D eigenvalue weighted by atomic mass is 10.0. The Hall–Kier alpha value is -0.830. The van der Waals surface area contributed by atoms with E-state index in [1.807, 2.05) is 10.9 Å². The monoisotopic (exact) mass is 279 g/mol. The first kappa shape index (κ1) is 17.2. The summed E-state index contributed by atoms with van der Waals surface area (Å²) in [5.41, 5.74) is 1.36. The Bertz CT molecular complexity index is 333. The third-order valence-corrected chi connectivity index (χ3v) is 3.89. The molecule has 0 aromatic carbocycles. The molecule has 0 radical (unpaired) electrons. The molecule has 0 aliphatic heterocycles. The Morgan fingerprint density at radius 1 is 1.10 bits per heavy atom. The first-order valence-electron chi connectivity index (χ1n) is 8.54. The van der Waals surface area contributed by atoms with Crippen molar-refractivity contribution in [3.8, 4) is 0 Å². The van der Waals surface area contributed by atoms with Crippen molar-refractivity contribution in [2.45, 2.75) is 84.7 Å². The Kier molecular flexibility index (Phi) is 9.38. The van der Waals surface area contributed by atoms with Crippen LogP contribution < -0.4 is 5.32 Å². The molecule has 0 fully saturated rings. The van der Waals surface area contributed by atoms with Crippen LogP contribution in [-0.2, 0) is 13.0 Å². The number of rotatable bonds is 12. The molecule has 1 atom stereocenters. The van der Waals surface area contributed by atoms with Crippen LogP contribution in [0.2, 0.25) is 0 Å². The number of likely N-dealkylation sites (N-methyl/N-ethyl adjacent to an activating group) is 1. The first-order chi connectivity index (χ1) is 9.80. The van der Waals surface area contributed by atoms with Crippen molar-refractivity contribution >= 4 is 0 Å². The maximum atomic E-state index is 4.37. The van der Waals surface area contributed by atoms with Crippen LogP contribution in [-0.4, -0.2) is 22.4 Å². The molecular formula is C17H33N3. The minimum Gasteiger partial charge on any atom is -0.314 e. The molecule has 0 aliphatic rings. The zero-order valence-corrected chi connectivity index (χ0v) is 13.7. The molecule has 3 heteroatoms. The maximum absolute atomic E-state index is 4.37. The molecule has 1 N–H and O–H groups in total. The number of aromatic nitrogens is 2. The number of nitrogens with zero attached hydrogens (tertiary/aromatic N) is 2. The Labute approximate surface area is 125 Å². The van der Waals surface area contributed by atoms with Crippen molar-refractivity contribution in [2.75, 3.05) is 6.54 Å². The van der Waals surface area contributed by atoms with Gasteiger partial charge in [0, 0.05) is 18.8 Å². The highest BCUT2D eigenvalue weighted by atomic mass is 15.3. The number of hydrogen-bond acceptors (Lipinski definition) is 2. The standard InChI is InChI=1S/C17H33N3/c1-4-7-8-9-10-11-12-17(18-5-2)13-16-14-19-20(6-3)15-16/h14-15,17-18H,4-13H2,1-3H3. The molecule has 0 saturated heterocycles. The molecule has 3 nitrogen and oxygen atoms in total. The second-order valence-electron chi connectivity index (χ2n) is 5.72. The number of hydrogen-bond donors (Lipinski definition) is 1. The van der Waals surface area contributed by atoms with E-state index in [-0.39, 0.29) is 0 Å². The summed E-state index contributed by atoms with van der Waals surface area (Å²) in [4.78, 5) is 0. The predicted molar refractivity (Wildman–Crippen MR) is 87.1 cm³/mol. The number of nitrogens with one attached hydrogen (secondary N) is 1. The average Bonchev–Trinajstić information content (AvgIpc) is 2.90. The molecule has 116 valence electrons. The summed E-state index contributed by atoms with van der Waals surface area (Å²) in [7, 11) is 0. The van der Waals surface area contributed by atoms with Crippen LogP contribution in [0.1, 0.15) is 71.3 Å². The van der Waals surface area contributed by atoms with Crippen molar-refractivity contribution in [1.29, 1.82) is 0 Å². The molecule has 1 aromatic rings. The quantitative estimate of drug-likeness (QED) is 0.582. The summed E-state index contributed by atoms with van der Waals surface area (Å²) in [5.74, 6) is 0. The highest BCUT2D eigenvalue weighted by Crippen LogP contribution is 2.12. The first-order valence-corrected chi connectivity index (χ1v) is 8.54. The molecule has 20 heavy (non-hydrogen) atoms. The van der Waals surface area contributed by atoms with Crippen molar-refractivity contribution in [2.24, 2.45) is 0 Å². The smallest absolute Gasteiger partial charge is 0.0522 e. The van der Waals surface area contributed by atoms with Crippen LogP contribution in [0.3, 0.4) is 0 Å². The largest absolute Gasteiger partial charge is 0.314 e. The van der Waals surface area contributed by atoms with Crippen LogP contribution in [0.15, 0.2) is 12.4 Å². The summed E-state index contributed by atoms with van der Waals surface area (Å²) in [6.45, 7) is 8.63. The van der Waals surface area contributed by atoms with Gasteiger partial charge in [-0.1, -0.05) is 52.4 Å². The molecule has 0 aliphatic carbocycles. The predicted octanol–water partition coefficient (Wildman–Crippen LogP) is 4.17. The zero-order chi connectivity index (χ0) is 14.6. The summed E-state index contributed by atoms with van der Waals surface area (Å²) in [6, 6.07) is 0.612. The van der Waals surface area contributed by atoms with Crippen LogP contribution >= 0.6 is 0 Å². The van der Waals surface area contributed by atoms with E-state index in [1.165, 1.54) is 50.5 Å². The van der Waals surface area contributed by atoms with E-state index in [2.05, 4.69) is 37.4 Å². The zero-order valence-electron chi connectivity index (χ0n) is 13.7. The molecule has 1 aromatic heterocycles. The van der Waals surface area contributed by atoms with Gasteiger partial charge in [-0.3, -0.25) is 4.68 Å². The van der Waals surface area contributed by atoms with E-state index in [0.717, 1.165) is 19.5 Å². The van der Waals surface area contributed by atoms with Gasteiger partial charge in [-0.15, -0.1) is 0 Å². The summed E-state index contributed by atoms with van der Waals surface area (Å²) in [5, 5.41) is 7.99. The minimum atomic E-state index is 0.612. The van der Waals surface area contributed by atoms with Gasteiger partial charge in [0.2, 0.25) is 0 Å². The van der Waals surface area contributed by atoms with Crippen LogP contribution in [0.25, 0.3) is 0 Å². The molecule has 0 saturated carbocycles. The van der Waals surface area contributed by atoms with Crippen molar-refractivity contribution in [1.82, 2.24) is 15.1 Å². The van der Waals surface area contributed by atoms with E-state index in [9.17, 15) is 0 Å². The van der Waals surface area contributed by atoms with Crippen LogP contribution in [0, 0.1) is 0 Å². The molecule has 0 spiro atoms. The van der Waals surface area contributed by atoms with Gasteiger partial charge in [-0.2, -0.15) is 5.10 Å². The second kappa shape index (κ2) is 10.9. The fourth-order valence-corrected chi connectivity index (χ4v) is 2.71. The SMILES string of the molecule is CCCCCCCCC(Cc1cnn(CC)c1)NCC. The molecule has 1 unspecified atom stereocenters. The van der Waals surface area contributed by atoms with Gasteiger partial charge in [-0.05, 0) is 31.9 Å². The Morgan fingerprint density at radius 2 is 1.85 bits per heavy atom. The Morgan fingerprint density at radius 3 is 2.50 bits per heavy atom. The molecule has 1 rings (SSSR count). The fraction of sp³-hybridized carbons (Fsp3) is 0.824. The molecule has 0 bridgehead atoms. The van der Waals surface area contributed by atoms with Crippen LogP contribution in [0.4, 0.5) is 0 Å². The normalized spacial score (nSPS) is 12.8. The lowest BCUT2D eigenvalue weighted by Gasteiger charge is -2.17. The topological polar surface area (TPSA) is 29.9 Å². The third-order valence-electron chi connectivity index (χ3n) is 3.89. The van der Waals surface area contributed by atoms with Crippen molar-refractivity contribution in [3.05, 3.63) is 18.0 Å². The lowest BCUT2D eigenvalue weighted by molar-refractivity contribution is 0.459. The van der Waals surface area contributed by atoms with E-state index < -0.39 is 0 Å². The summed E-state index contributed by atoms with van der Waals surface area (Å²) < 4.78 is 2.02. The average molecular weight is 279 g/mol. The Balaban J connectivity index is 2.25. The van der Waals surface area contributed by atoms with Gasteiger partial charge in [0.05, 0.1) is 6.20 Å². The highest BCUT2D eigenvalue weighted by Gasteiger charge is 2.09. The molecule has 1 heterocycles. The maximum Gasteiger partial charge on any atom is 0.0522 e. The number of aryl methyl sites for hydroxylation is 1. The van der Waals surface area contributed by atoms with Gasteiger partial charge in [0.25, 0.3) is 0 Å². The van der Waals surface area contributed by atoms with E-state index >= 15 is 0 Å². The van der Waals surface area contributed by atoms with Gasteiger partial charge < -0.3 is 5.32 Å². The van der Waals surface area contributed by atoms with Gasteiger partial charge >= 0.3 is 0 Å². The van der Waals surface area contributed by atoms with Crippen LogP contribution in [0.5, 0.6) is 0 Å². The van der Waals surface area contributed by atoms with E-state index in [4.69, 9.17) is 0 Å². The van der Waals surface area contributed by atoms with Gasteiger partial charge in [0.15, 0.2) is 0 Å². The summed E-state index contributed by atoms with van der Waals surface area (Å²) in [6.07, 6.45) is 14.9. The minimum absolute atomic E-state index is 0.612. The number of unbranched alkanes of at least 4 members (excludes halogenated alkanes) is 5. The molecular weight excluding hydrogens is 246 g/mol. The van der Waals surface area contributed by atoms with Gasteiger partial charge in [0.1, 0.15) is 0 Å². The summed E-state index contributed by atoms with van der Waals surface area (Å²) >= 11 is 0. The highest BCUT2D eigenvalue weighted by molar-refractivity contribution is 5.06. The second-order valence-corrected chi connectivity index (χ2v) is 5.72. The van der Waals surface area contributed by atoms with Gasteiger partial charge in [-0.25, -0.2) is 0 Å². The third kappa shape index (κ3) is 7.09. The van der Waals surface area contributed by atoms with Crippen molar-refractivity contribution in [3.63, 3.8) is 0 Å².